The Bertz CT molecular complexity index is 1040. The number of carbonyl (C=O) groups is 2. The molecule has 1 aromatic heterocycles. The molecule has 0 bridgehead atoms. The second kappa shape index (κ2) is 8.23. The number of nitrogens with zero attached hydrogens (tertiary/aromatic N) is 1. The van der Waals surface area contributed by atoms with Crippen LogP contribution in [0.3, 0.4) is 0 Å². The molecule has 0 spiro atoms. The Hall–Kier alpha value is -3.18. The predicted molar refractivity (Wildman–Crippen MR) is 112 cm³/mol. The molecule has 0 saturated heterocycles. The first kappa shape index (κ1) is 19.6. The number of amides is 2. The fourth-order valence-electron chi connectivity index (χ4n) is 3.01. The highest BCUT2D eigenvalue weighted by atomic mass is 35.5. The molecule has 0 fully saturated rings. The van der Waals surface area contributed by atoms with E-state index in [9.17, 15) is 9.59 Å². The molecule has 5 nitrogen and oxygen atoms in total. The number of carbonyl (C=O) groups excluding carboxylic acids is 2. The van der Waals surface area contributed by atoms with Crippen LogP contribution < -0.4 is 10.6 Å². The lowest BCUT2D eigenvalue weighted by atomic mass is 10.0. The largest absolute Gasteiger partial charge is 0.321 e. The summed E-state index contributed by atoms with van der Waals surface area (Å²) in [4.78, 5) is 29.2. The third-order valence-electron chi connectivity index (χ3n) is 4.30. The van der Waals surface area contributed by atoms with Crippen LogP contribution in [0.5, 0.6) is 0 Å². The molecule has 0 aliphatic heterocycles. The number of benzene rings is 2. The summed E-state index contributed by atoms with van der Waals surface area (Å²) in [6, 6.07) is 12.5. The first-order valence-electron chi connectivity index (χ1n) is 8.75. The predicted octanol–water partition coefficient (Wildman–Crippen LogP) is 5.16. The van der Waals surface area contributed by atoms with Crippen molar-refractivity contribution in [3.05, 3.63) is 87.7 Å². The zero-order valence-electron chi connectivity index (χ0n) is 15.8. The van der Waals surface area contributed by atoms with Crippen molar-refractivity contribution in [3.8, 4) is 0 Å². The molecule has 0 aliphatic carbocycles. The molecule has 142 valence electrons. The fourth-order valence-corrected chi connectivity index (χ4v) is 3.19. The van der Waals surface area contributed by atoms with Crippen LogP contribution in [0, 0.1) is 20.8 Å². The van der Waals surface area contributed by atoms with E-state index in [-0.39, 0.29) is 11.5 Å². The van der Waals surface area contributed by atoms with Gasteiger partial charge in [0.05, 0.1) is 21.8 Å². The van der Waals surface area contributed by atoms with Gasteiger partial charge in [0.1, 0.15) is 0 Å². The van der Waals surface area contributed by atoms with Gasteiger partial charge in [0.25, 0.3) is 11.8 Å². The minimum Gasteiger partial charge on any atom is -0.321 e. The summed E-state index contributed by atoms with van der Waals surface area (Å²) in [6.07, 6.45) is 2.84. The quantitative estimate of drug-likeness (QED) is 0.642. The fraction of sp³-hybridized carbons (Fsp3) is 0.136. The Morgan fingerprint density at radius 2 is 1.43 bits per heavy atom. The maximum atomic E-state index is 12.7. The Balaban J connectivity index is 1.80. The first-order valence-corrected chi connectivity index (χ1v) is 9.13. The highest BCUT2D eigenvalue weighted by molar-refractivity contribution is 6.33. The average molecular weight is 394 g/mol. The summed E-state index contributed by atoms with van der Waals surface area (Å²) in [5.74, 6) is -0.715. The van der Waals surface area contributed by atoms with Crippen molar-refractivity contribution in [2.75, 3.05) is 10.6 Å². The van der Waals surface area contributed by atoms with Crippen molar-refractivity contribution in [2.24, 2.45) is 0 Å². The van der Waals surface area contributed by atoms with E-state index in [1.165, 1.54) is 18.5 Å². The molecule has 3 aromatic rings. The van der Waals surface area contributed by atoms with Gasteiger partial charge in [-0.3, -0.25) is 14.6 Å². The molecule has 2 aromatic carbocycles. The standard InChI is InChI=1S/C22H20ClN3O2/c1-13-8-14(2)20(15(3)9-13)26-22(28)17-10-16(11-24-12-17)21(27)25-19-7-5-4-6-18(19)23/h4-12H,1-3H3,(H,25,27)(H,26,28). The lowest BCUT2D eigenvalue weighted by Gasteiger charge is -2.13. The van der Waals surface area contributed by atoms with Crippen LogP contribution in [0.2, 0.25) is 5.02 Å². The molecule has 0 atom stereocenters. The number of hydrogen-bond acceptors (Lipinski definition) is 3. The molecule has 0 aliphatic rings. The van der Waals surface area contributed by atoms with Crippen LogP contribution in [-0.4, -0.2) is 16.8 Å². The second-order valence-corrected chi connectivity index (χ2v) is 7.03. The second-order valence-electron chi connectivity index (χ2n) is 6.62. The summed E-state index contributed by atoms with van der Waals surface area (Å²) >= 11 is 6.07. The van der Waals surface area contributed by atoms with Gasteiger partial charge >= 0.3 is 0 Å². The van der Waals surface area contributed by atoms with Crippen LogP contribution >= 0.6 is 11.6 Å². The number of aryl methyl sites for hydroxylation is 3. The van der Waals surface area contributed by atoms with Crippen LogP contribution in [0.1, 0.15) is 37.4 Å². The lowest BCUT2D eigenvalue weighted by molar-refractivity contribution is 0.102. The van der Waals surface area contributed by atoms with Crippen molar-refractivity contribution in [3.63, 3.8) is 0 Å². The summed E-state index contributed by atoms with van der Waals surface area (Å²) in [6.45, 7) is 5.90. The van der Waals surface area contributed by atoms with Gasteiger partial charge in [0.15, 0.2) is 0 Å². The van der Waals surface area contributed by atoms with E-state index in [1.807, 2.05) is 32.9 Å². The zero-order chi connectivity index (χ0) is 20.3. The molecule has 0 radical (unpaired) electrons. The summed E-state index contributed by atoms with van der Waals surface area (Å²) in [5.41, 5.74) is 4.92. The maximum Gasteiger partial charge on any atom is 0.257 e. The molecular formula is C22H20ClN3O2. The van der Waals surface area contributed by atoms with Gasteiger partial charge in [-0.2, -0.15) is 0 Å². The Morgan fingerprint density at radius 1 is 0.857 bits per heavy atom. The summed E-state index contributed by atoms with van der Waals surface area (Å²) in [5, 5.41) is 6.07. The highest BCUT2D eigenvalue weighted by Gasteiger charge is 2.14. The third-order valence-corrected chi connectivity index (χ3v) is 4.63. The van der Waals surface area contributed by atoms with Gasteiger partial charge in [-0.05, 0) is 50.1 Å². The molecule has 6 heteroatoms. The van der Waals surface area contributed by atoms with Gasteiger partial charge in [0.2, 0.25) is 0 Å². The van der Waals surface area contributed by atoms with Crippen LogP contribution in [0.25, 0.3) is 0 Å². The molecule has 2 N–H and O–H groups in total. The minimum atomic E-state index is -0.391. The van der Waals surface area contributed by atoms with E-state index in [4.69, 9.17) is 11.6 Å². The molecule has 2 amide bonds. The number of para-hydroxylation sites is 1. The topological polar surface area (TPSA) is 71.1 Å². The van der Waals surface area contributed by atoms with Crippen molar-refractivity contribution >= 4 is 34.8 Å². The number of aromatic nitrogens is 1. The van der Waals surface area contributed by atoms with Crippen LogP contribution in [0.15, 0.2) is 54.9 Å². The molecule has 0 saturated carbocycles. The Kier molecular flexibility index (Phi) is 5.76. The first-order chi connectivity index (χ1) is 13.3. The van der Waals surface area contributed by atoms with Gasteiger partial charge in [-0.25, -0.2) is 0 Å². The van der Waals surface area contributed by atoms with Crippen LogP contribution in [-0.2, 0) is 0 Å². The number of halogens is 1. The SMILES string of the molecule is Cc1cc(C)c(NC(=O)c2cncc(C(=O)Nc3ccccc3Cl)c2)c(C)c1. The van der Waals surface area contributed by atoms with E-state index in [2.05, 4.69) is 15.6 Å². The average Bonchev–Trinajstić information content (AvgIpc) is 2.66. The zero-order valence-corrected chi connectivity index (χ0v) is 16.6. The number of pyridine rings is 1. The van der Waals surface area contributed by atoms with E-state index in [1.54, 1.807) is 24.3 Å². The van der Waals surface area contributed by atoms with Crippen molar-refractivity contribution in [1.29, 1.82) is 0 Å². The number of anilines is 2. The lowest BCUT2D eigenvalue weighted by Crippen LogP contribution is -2.17. The van der Waals surface area contributed by atoms with E-state index in [0.717, 1.165) is 22.4 Å². The van der Waals surface area contributed by atoms with Crippen molar-refractivity contribution in [2.45, 2.75) is 20.8 Å². The molecule has 3 rings (SSSR count). The number of hydrogen-bond donors (Lipinski definition) is 2. The maximum absolute atomic E-state index is 12.7. The molecule has 1 heterocycles. The van der Waals surface area contributed by atoms with Crippen LogP contribution in [0.4, 0.5) is 11.4 Å². The minimum absolute atomic E-state index is 0.268. The Morgan fingerprint density at radius 3 is 2.04 bits per heavy atom. The van der Waals surface area contributed by atoms with Gasteiger partial charge in [-0.15, -0.1) is 0 Å². The number of rotatable bonds is 4. The molecule has 0 unspecified atom stereocenters. The van der Waals surface area contributed by atoms with E-state index in [0.29, 0.717) is 16.3 Å². The molecular weight excluding hydrogens is 374 g/mol. The van der Waals surface area contributed by atoms with Crippen molar-refractivity contribution < 1.29 is 9.59 Å². The monoisotopic (exact) mass is 393 g/mol. The summed E-state index contributed by atoms with van der Waals surface area (Å²) < 4.78 is 0. The van der Waals surface area contributed by atoms with E-state index < -0.39 is 5.91 Å². The summed E-state index contributed by atoms with van der Waals surface area (Å²) in [7, 11) is 0. The number of nitrogens with one attached hydrogen (secondary N) is 2. The van der Waals surface area contributed by atoms with Crippen molar-refractivity contribution in [1.82, 2.24) is 4.98 Å². The van der Waals surface area contributed by atoms with Gasteiger partial charge in [-0.1, -0.05) is 41.4 Å². The highest BCUT2D eigenvalue weighted by Crippen LogP contribution is 2.23. The Labute approximate surface area is 168 Å². The molecule has 28 heavy (non-hydrogen) atoms. The van der Waals surface area contributed by atoms with Gasteiger partial charge in [0, 0.05) is 18.1 Å². The van der Waals surface area contributed by atoms with E-state index >= 15 is 0 Å². The van der Waals surface area contributed by atoms with Gasteiger partial charge < -0.3 is 10.6 Å². The normalized spacial score (nSPS) is 10.4. The third kappa shape index (κ3) is 4.38. The smallest absolute Gasteiger partial charge is 0.257 e.